The summed E-state index contributed by atoms with van der Waals surface area (Å²) < 4.78 is 13.7. The second-order valence-corrected chi connectivity index (χ2v) is 4.74. The molecule has 2 rings (SSSR count). The summed E-state index contributed by atoms with van der Waals surface area (Å²) in [7, 11) is 0. The summed E-state index contributed by atoms with van der Waals surface area (Å²) in [5.74, 6) is -0.469. The Balaban J connectivity index is 2.10. The van der Waals surface area contributed by atoms with Crippen LogP contribution in [0.2, 0.25) is 10.6 Å². The monoisotopic (exact) mass is 296 g/mol. The molecule has 0 radical (unpaired) electrons. The Morgan fingerprint density at radius 3 is 2.39 bits per heavy atom. The van der Waals surface area contributed by atoms with Crippen molar-refractivity contribution in [3.8, 4) is 0 Å². The molecule has 0 unspecified atom stereocenters. The number of aromatic nitrogens is 3. The molecule has 1 aliphatic rings. The molecule has 0 amide bonds. The second-order valence-electron chi connectivity index (χ2n) is 4.06. The Morgan fingerprint density at radius 1 is 1.28 bits per heavy atom. The number of aliphatic hydroxyl groups excluding tert-OH is 2. The summed E-state index contributed by atoms with van der Waals surface area (Å²) in [6.07, 6.45) is -2.46. The van der Waals surface area contributed by atoms with Crippen LogP contribution in [0.5, 0.6) is 0 Å². The summed E-state index contributed by atoms with van der Waals surface area (Å²) in [6.45, 7) is -0.279. The van der Waals surface area contributed by atoms with Gasteiger partial charge in [0, 0.05) is 12.5 Å². The largest absolute Gasteiger partial charge is 0.396 e. The average Bonchev–Trinajstić information content (AvgIpc) is 2.55. The average molecular weight is 297 g/mol. The van der Waals surface area contributed by atoms with Crippen molar-refractivity contribution in [2.24, 2.45) is 5.92 Å². The number of rotatable bonds is 3. The smallest absolute Gasteiger partial charge is 0.228 e. The van der Waals surface area contributed by atoms with Crippen LogP contribution in [0.4, 0.5) is 10.3 Å². The number of hydrogen-bond acceptors (Lipinski definition) is 6. The van der Waals surface area contributed by atoms with E-state index in [0.29, 0.717) is 0 Å². The van der Waals surface area contributed by atoms with Crippen molar-refractivity contribution in [3.05, 3.63) is 10.6 Å². The zero-order valence-electron chi connectivity index (χ0n) is 9.09. The van der Waals surface area contributed by atoms with Crippen LogP contribution in [0.3, 0.4) is 0 Å². The van der Waals surface area contributed by atoms with Gasteiger partial charge < -0.3 is 15.5 Å². The number of aliphatic hydroxyl groups is 2. The zero-order chi connectivity index (χ0) is 13.3. The van der Waals surface area contributed by atoms with E-state index in [1.54, 1.807) is 0 Å². The summed E-state index contributed by atoms with van der Waals surface area (Å²) in [5, 5.41) is 21.0. The van der Waals surface area contributed by atoms with Gasteiger partial charge in [-0.2, -0.15) is 15.0 Å². The molecule has 0 aliphatic heterocycles. The van der Waals surface area contributed by atoms with Gasteiger partial charge in [-0.3, -0.25) is 0 Å². The standard InChI is InChI=1S/C9H11Cl2FN4O2/c10-7-14-8(11)16-9(15-7)13-4-1-3(2-17)6(18)5(4)12/h3-6,17-18H,1-2H2,(H,13,14,15,16)/t3-,4-,5+,6-/m1/s1. The van der Waals surface area contributed by atoms with Gasteiger partial charge in [0.2, 0.25) is 16.5 Å². The maximum Gasteiger partial charge on any atom is 0.228 e. The van der Waals surface area contributed by atoms with Gasteiger partial charge >= 0.3 is 0 Å². The van der Waals surface area contributed by atoms with E-state index >= 15 is 0 Å². The van der Waals surface area contributed by atoms with Crippen molar-refractivity contribution >= 4 is 29.2 Å². The highest BCUT2D eigenvalue weighted by Crippen LogP contribution is 2.30. The lowest BCUT2D eigenvalue weighted by molar-refractivity contribution is 0.0444. The van der Waals surface area contributed by atoms with E-state index < -0.39 is 24.2 Å². The zero-order valence-corrected chi connectivity index (χ0v) is 10.6. The Labute approximate surface area is 112 Å². The third-order valence-electron chi connectivity index (χ3n) is 2.88. The van der Waals surface area contributed by atoms with Crippen molar-refractivity contribution in [1.82, 2.24) is 15.0 Å². The Bertz CT molecular complexity index is 419. The van der Waals surface area contributed by atoms with Gasteiger partial charge in [-0.05, 0) is 29.6 Å². The molecule has 0 aromatic carbocycles. The minimum Gasteiger partial charge on any atom is -0.396 e. The number of hydrogen-bond donors (Lipinski definition) is 3. The van der Waals surface area contributed by atoms with E-state index in [4.69, 9.17) is 28.3 Å². The van der Waals surface area contributed by atoms with Crippen molar-refractivity contribution in [2.45, 2.75) is 24.7 Å². The van der Waals surface area contributed by atoms with Crippen molar-refractivity contribution in [1.29, 1.82) is 0 Å². The Hall–Kier alpha value is -0.760. The first-order valence-corrected chi connectivity index (χ1v) is 6.03. The molecule has 4 atom stereocenters. The van der Waals surface area contributed by atoms with Gasteiger partial charge in [-0.25, -0.2) is 4.39 Å². The summed E-state index contributed by atoms with van der Waals surface area (Å²) in [4.78, 5) is 11.0. The number of alkyl halides is 1. The van der Waals surface area contributed by atoms with E-state index in [9.17, 15) is 9.50 Å². The van der Waals surface area contributed by atoms with Crippen molar-refractivity contribution in [2.75, 3.05) is 11.9 Å². The fourth-order valence-corrected chi connectivity index (χ4v) is 2.33. The van der Waals surface area contributed by atoms with Crippen LogP contribution in [0.25, 0.3) is 0 Å². The third kappa shape index (κ3) is 2.80. The molecule has 1 saturated carbocycles. The lowest BCUT2D eigenvalue weighted by atomic mass is 10.1. The second kappa shape index (κ2) is 5.48. The molecular formula is C9H11Cl2FN4O2. The molecular weight excluding hydrogens is 286 g/mol. The van der Waals surface area contributed by atoms with Crippen LogP contribution in [0.1, 0.15) is 6.42 Å². The Kier molecular flexibility index (Phi) is 4.16. The van der Waals surface area contributed by atoms with Gasteiger partial charge in [-0.15, -0.1) is 0 Å². The molecule has 18 heavy (non-hydrogen) atoms. The normalized spacial score (nSPS) is 31.6. The number of nitrogens with zero attached hydrogens (tertiary/aromatic N) is 3. The van der Waals surface area contributed by atoms with Gasteiger partial charge in [0.25, 0.3) is 0 Å². The van der Waals surface area contributed by atoms with Crippen LogP contribution in [0.15, 0.2) is 0 Å². The topological polar surface area (TPSA) is 91.2 Å². The van der Waals surface area contributed by atoms with Crippen LogP contribution >= 0.6 is 23.2 Å². The SMILES string of the molecule is OC[C@H]1C[C@@H](Nc2nc(Cl)nc(Cl)n2)[C@H](F)[C@@H]1O. The fourth-order valence-electron chi connectivity index (χ4n) is 1.97. The quantitative estimate of drug-likeness (QED) is 0.759. The van der Waals surface area contributed by atoms with E-state index in [2.05, 4.69) is 20.3 Å². The molecule has 1 aromatic heterocycles. The molecule has 0 saturated heterocycles. The van der Waals surface area contributed by atoms with Crippen LogP contribution < -0.4 is 5.32 Å². The highest BCUT2D eigenvalue weighted by molar-refractivity contribution is 6.31. The van der Waals surface area contributed by atoms with E-state index in [1.807, 2.05) is 0 Å². The summed E-state index contributed by atoms with van der Waals surface area (Å²) in [6, 6.07) is -0.702. The maximum atomic E-state index is 13.7. The molecule has 1 aromatic rings. The molecule has 6 nitrogen and oxygen atoms in total. The maximum absolute atomic E-state index is 13.7. The van der Waals surface area contributed by atoms with Crippen molar-refractivity contribution in [3.63, 3.8) is 0 Å². The predicted octanol–water partition coefficient (Wildman–Crippen LogP) is 0.670. The fraction of sp³-hybridized carbons (Fsp3) is 0.667. The molecule has 0 bridgehead atoms. The van der Waals surface area contributed by atoms with Gasteiger partial charge in [0.15, 0.2) is 0 Å². The van der Waals surface area contributed by atoms with Gasteiger partial charge in [0.05, 0.1) is 12.1 Å². The lowest BCUT2D eigenvalue weighted by Gasteiger charge is -2.15. The van der Waals surface area contributed by atoms with Crippen LogP contribution in [-0.2, 0) is 0 Å². The van der Waals surface area contributed by atoms with Gasteiger partial charge in [-0.1, -0.05) is 0 Å². The van der Waals surface area contributed by atoms with Crippen molar-refractivity contribution < 1.29 is 14.6 Å². The first-order valence-electron chi connectivity index (χ1n) is 5.28. The molecule has 0 spiro atoms. The van der Waals surface area contributed by atoms with E-state index in [0.717, 1.165) is 0 Å². The molecule has 9 heteroatoms. The minimum absolute atomic E-state index is 0.0402. The summed E-state index contributed by atoms with van der Waals surface area (Å²) in [5.41, 5.74) is 0. The van der Waals surface area contributed by atoms with Crippen LogP contribution in [-0.4, -0.2) is 50.1 Å². The first kappa shape index (κ1) is 13.7. The summed E-state index contributed by atoms with van der Waals surface area (Å²) >= 11 is 11.2. The molecule has 1 fully saturated rings. The molecule has 100 valence electrons. The highest BCUT2D eigenvalue weighted by Gasteiger charge is 2.42. The van der Waals surface area contributed by atoms with E-state index in [1.165, 1.54) is 0 Å². The van der Waals surface area contributed by atoms with Crippen LogP contribution in [0, 0.1) is 5.92 Å². The number of halogens is 3. The predicted molar refractivity (Wildman–Crippen MR) is 63.4 cm³/mol. The third-order valence-corrected chi connectivity index (χ3v) is 3.22. The number of nitrogens with one attached hydrogen (secondary N) is 1. The van der Waals surface area contributed by atoms with Gasteiger partial charge in [0.1, 0.15) is 6.17 Å². The minimum atomic E-state index is -1.52. The van der Waals surface area contributed by atoms with E-state index in [-0.39, 0.29) is 29.5 Å². The molecule has 1 aliphatic carbocycles. The molecule has 1 heterocycles. The first-order chi connectivity index (χ1) is 8.51. The molecule has 3 N–H and O–H groups in total. The number of anilines is 1. The highest BCUT2D eigenvalue weighted by atomic mass is 35.5. The lowest BCUT2D eigenvalue weighted by Crippen LogP contribution is -2.32. The Morgan fingerprint density at radius 2 is 1.89 bits per heavy atom.